The Morgan fingerprint density at radius 1 is 1.16 bits per heavy atom. The average Bonchev–Trinajstić information content (AvgIpc) is 3.38. The van der Waals surface area contributed by atoms with Crippen LogP contribution in [0.2, 0.25) is 0 Å². The monoisotopic (exact) mass is 428 g/mol. The van der Waals surface area contributed by atoms with Crippen molar-refractivity contribution in [2.45, 2.75) is 90.8 Å². The summed E-state index contributed by atoms with van der Waals surface area (Å²) in [6.45, 7) is 9.32. The summed E-state index contributed by atoms with van der Waals surface area (Å²) >= 11 is 0. The molecule has 1 saturated carbocycles. The van der Waals surface area contributed by atoms with E-state index in [0.717, 1.165) is 79.6 Å². The van der Waals surface area contributed by atoms with E-state index in [1.54, 1.807) is 0 Å². The van der Waals surface area contributed by atoms with Crippen LogP contribution in [-0.4, -0.2) is 40.9 Å². The third-order valence-corrected chi connectivity index (χ3v) is 6.57. The molecule has 1 aliphatic heterocycles. The molecule has 2 aromatic rings. The summed E-state index contributed by atoms with van der Waals surface area (Å²) in [5.41, 5.74) is 2.49. The molecule has 2 fully saturated rings. The largest absolute Gasteiger partial charge is 0.490 e. The highest BCUT2D eigenvalue weighted by molar-refractivity contribution is 5.84. The number of hydrogen-bond donors (Lipinski definition) is 0. The summed E-state index contributed by atoms with van der Waals surface area (Å²) in [4.78, 5) is 14.1. The van der Waals surface area contributed by atoms with Crippen LogP contribution in [0.5, 0.6) is 5.75 Å². The first-order valence-electron chi connectivity index (χ1n) is 11.8. The molecular weight excluding hydrogens is 392 g/mol. The molecule has 0 N–H and O–H groups in total. The lowest BCUT2D eigenvalue weighted by atomic mass is 9.91. The lowest BCUT2D eigenvalue weighted by Gasteiger charge is -2.33. The second-order valence-corrected chi connectivity index (χ2v) is 10.2. The number of fused-ring (bicyclic) bond motifs is 1. The van der Waals surface area contributed by atoms with Gasteiger partial charge in [0.15, 0.2) is 5.58 Å². The lowest BCUT2D eigenvalue weighted by molar-refractivity contribution is 0.0181. The lowest BCUT2D eigenvalue weighted by Crippen LogP contribution is -2.41. The molecule has 170 valence electrons. The fourth-order valence-corrected chi connectivity index (χ4v) is 4.73. The van der Waals surface area contributed by atoms with Crippen molar-refractivity contribution in [3.05, 3.63) is 23.4 Å². The van der Waals surface area contributed by atoms with E-state index in [-0.39, 0.29) is 6.09 Å². The molecule has 6 nitrogen and oxygen atoms in total. The minimum atomic E-state index is -0.442. The molecule has 6 heteroatoms. The molecule has 0 radical (unpaired) electrons. The molecule has 0 spiro atoms. The number of likely N-dealkylation sites (tertiary alicyclic amines) is 1. The predicted molar refractivity (Wildman–Crippen MR) is 120 cm³/mol. The molecule has 1 aromatic heterocycles. The smallest absolute Gasteiger partial charge is 0.410 e. The van der Waals surface area contributed by atoms with Crippen LogP contribution in [0.3, 0.4) is 0 Å². The molecule has 2 aliphatic rings. The van der Waals surface area contributed by atoms with Crippen molar-refractivity contribution < 1.29 is 18.8 Å². The number of carbonyl (C=O) groups excluding carboxylic acids is 1. The van der Waals surface area contributed by atoms with Crippen LogP contribution in [0.15, 0.2) is 16.7 Å². The van der Waals surface area contributed by atoms with E-state index in [9.17, 15) is 4.79 Å². The number of ether oxygens (including phenoxy) is 2. The van der Waals surface area contributed by atoms with E-state index in [0.29, 0.717) is 12.0 Å². The maximum atomic E-state index is 12.3. The van der Waals surface area contributed by atoms with Gasteiger partial charge >= 0.3 is 6.09 Å². The Balaban J connectivity index is 1.31. The summed E-state index contributed by atoms with van der Waals surface area (Å²) < 4.78 is 17.4. The van der Waals surface area contributed by atoms with Crippen LogP contribution in [0, 0.1) is 12.8 Å². The first-order valence-corrected chi connectivity index (χ1v) is 11.8. The highest BCUT2D eigenvalue weighted by Gasteiger charge is 2.27. The summed E-state index contributed by atoms with van der Waals surface area (Å²) in [5, 5.41) is 5.48. The topological polar surface area (TPSA) is 64.8 Å². The second-order valence-electron chi connectivity index (χ2n) is 10.2. The van der Waals surface area contributed by atoms with Crippen LogP contribution in [0.4, 0.5) is 4.79 Å². The van der Waals surface area contributed by atoms with E-state index in [1.165, 1.54) is 12.8 Å². The molecular formula is C25H36N2O4. The SMILES string of the molecule is Cc1c(OC2CCCC2)ccc2c(CCC3CCN(C(=O)OC(C)(C)C)CC3)noc12. The summed E-state index contributed by atoms with van der Waals surface area (Å²) in [5.74, 6) is 1.52. The summed E-state index contributed by atoms with van der Waals surface area (Å²) in [6.07, 6.45) is 8.92. The van der Waals surface area contributed by atoms with Crippen molar-refractivity contribution in [2.75, 3.05) is 13.1 Å². The zero-order valence-electron chi connectivity index (χ0n) is 19.4. The summed E-state index contributed by atoms with van der Waals surface area (Å²) in [7, 11) is 0. The van der Waals surface area contributed by atoms with E-state index in [4.69, 9.17) is 14.0 Å². The highest BCUT2D eigenvalue weighted by atomic mass is 16.6. The van der Waals surface area contributed by atoms with Gasteiger partial charge in [-0.15, -0.1) is 0 Å². The zero-order chi connectivity index (χ0) is 22.0. The fourth-order valence-electron chi connectivity index (χ4n) is 4.73. The highest BCUT2D eigenvalue weighted by Crippen LogP contribution is 2.33. The quantitative estimate of drug-likeness (QED) is 0.581. The number of hydrogen-bond acceptors (Lipinski definition) is 5. The number of aromatic nitrogens is 1. The molecule has 1 amide bonds. The Morgan fingerprint density at radius 3 is 2.55 bits per heavy atom. The average molecular weight is 429 g/mol. The molecule has 2 heterocycles. The second kappa shape index (κ2) is 9.09. The third kappa shape index (κ3) is 5.34. The van der Waals surface area contributed by atoms with Gasteiger partial charge in [0.05, 0.1) is 11.8 Å². The maximum Gasteiger partial charge on any atom is 0.410 e. The van der Waals surface area contributed by atoms with Gasteiger partial charge in [-0.3, -0.25) is 0 Å². The van der Waals surface area contributed by atoms with Gasteiger partial charge in [-0.2, -0.15) is 0 Å². The van der Waals surface area contributed by atoms with E-state index >= 15 is 0 Å². The van der Waals surface area contributed by atoms with Crippen molar-refractivity contribution in [2.24, 2.45) is 5.92 Å². The van der Waals surface area contributed by atoms with E-state index < -0.39 is 5.60 Å². The number of nitrogens with zero attached hydrogens (tertiary/aromatic N) is 2. The van der Waals surface area contributed by atoms with Crippen molar-refractivity contribution in [3.63, 3.8) is 0 Å². The molecule has 4 rings (SSSR count). The minimum absolute atomic E-state index is 0.195. The van der Waals surface area contributed by atoms with Gasteiger partial charge < -0.3 is 18.9 Å². The number of rotatable bonds is 5. The van der Waals surface area contributed by atoms with Crippen LogP contribution < -0.4 is 4.74 Å². The van der Waals surface area contributed by atoms with Crippen molar-refractivity contribution in [3.8, 4) is 5.75 Å². The minimum Gasteiger partial charge on any atom is -0.490 e. The van der Waals surface area contributed by atoms with Crippen LogP contribution >= 0.6 is 0 Å². The maximum absolute atomic E-state index is 12.3. The molecule has 1 saturated heterocycles. The van der Waals surface area contributed by atoms with Gasteiger partial charge in [0.25, 0.3) is 0 Å². The third-order valence-electron chi connectivity index (χ3n) is 6.57. The van der Waals surface area contributed by atoms with Gasteiger partial charge in [-0.05, 0) is 97.1 Å². The van der Waals surface area contributed by atoms with E-state index in [1.807, 2.05) is 25.7 Å². The number of carbonyl (C=O) groups is 1. The zero-order valence-corrected chi connectivity index (χ0v) is 19.4. The van der Waals surface area contributed by atoms with Gasteiger partial charge in [0.2, 0.25) is 0 Å². The van der Waals surface area contributed by atoms with E-state index in [2.05, 4.69) is 24.2 Å². The standard InChI is InChI=1S/C25H36N2O4/c1-17-22(29-19-7-5-6-8-19)12-10-20-21(26-31-23(17)20)11-9-18-13-15-27(16-14-18)24(28)30-25(2,3)4/h10,12,18-19H,5-9,11,13-16H2,1-4H3. The normalized spacial score (nSPS) is 18.6. The fraction of sp³-hybridized carbons (Fsp3) is 0.680. The molecule has 0 unspecified atom stereocenters. The van der Waals surface area contributed by atoms with Crippen molar-refractivity contribution in [1.29, 1.82) is 0 Å². The predicted octanol–water partition coefficient (Wildman–Crippen LogP) is 6.04. The van der Waals surface area contributed by atoms with Gasteiger partial charge in [0.1, 0.15) is 11.4 Å². The number of benzene rings is 1. The number of amides is 1. The first kappa shape index (κ1) is 22.0. The Kier molecular flexibility index (Phi) is 6.44. The Labute approximate surface area is 185 Å². The first-order chi connectivity index (χ1) is 14.8. The Hall–Kier alpha value is -2.24. The van der Waals surface area contributed by atoms with Crippen LogP contribution in [0.1, 0.15) is 77.0 Å². The number of aryl methyl sites for hydroxylation is 2. The van der Waals surface area contributed by atoms with Gasteiger partial charge in [0, 0.05) is 24.0 Å². The molecule has 1 aromatic carbocycles. The summed E-state index contributed by atoms with van der Waals surface area (Å²) in [6, 6.07) is 4.18. The van der Waals surface area contributed by atoms with Gasteiger partial charge in [-0.1, -0.05) is 5.16 Å². The van der Waals surface area contributed by atoms with Crippen LogP contribution in [-0.2, 0) is 11.2 Å². The molecule has 0 bridgehead atoms. The molecule has 0 atom stereocenters. The van der Waals surface area contributed by atoms with Gasteiger partial charge in [-0.25, -0.2) is 4.79 Å². The van der Waals surface area contributed by atoms with Crippen LogP contribution in [0.25, 0.3) is 11.0 Å². The Bertz CT molecular complexity index is 900. The molecule has 1 aliphatic carbocycles. The van der Waals surface area contributed by atoms with Crippen molar-refractivity contribution >= 4 is 17.1 Å². The number of piperidine rings is 1. The molecule has 31 heavy (non-hydrogen) atoms. The Morgan fingerprint density at radius 2 is 1.87 bits per heavy atom. The van der Waals surface area contributed by atoms with Crippen molar-refractivity contribution in [1.82, 2.24) is 10.1 Å².